The molecule has 1 aromatic carbocycles. The van der Waals surface area contributed by atoms with E-state index >= 15 is 0 Å². The van der Waals surface area contributed by atoms with Crippen LogP contribution in [0.5, 0.6) is 0 Å². The van der Waals surface area contributed by atoms with Crippen LogP contribution >= 0.6 is 15.9 Å². The van der Waals surface area contributed by atoms with Gasteiger partial charge >= 0.3 is 0 Å². The van der Waals surface area contributed by atoms with Crippen molar-refractivity contribution >= 4 is 15.9 Å². The highest BCUT2D eigenvalue weighted by Crippen LogP contribution is 2.26. The Hall–Kier alpha value is -1.13. The van der Waals surface area contributed by atoms with Crippen LogP contribution in [0.2, 0.25) is 0 Å². The second kappa shape index (κ2) is 7.04. The van der Waals surface area contributed by atoms with Gasteiger partial charge in [0.25, 0.3) is 0 Å². The van der Waals surface area contributed by atoms with Crippen LogP contribution in [0.25, 0.3) is 0 Å². The molecule has 0 saturated carbocycles. The first-order valence-electron chi connectivity index (χ1n) is 7.18. The zero-order valence-corrected chi connectivity index (χ0v) is 13.9. The van der Waals surface area contributed by atoms with Gasteiger partial charge in [-0.1, -0.05) is 35.0 Å². The number of hydrogen-bond donors (Lipinski definition) is 1. The molecule has 0 saturated heterocycles. The van der Waals surface area contributed by atoms with E-state index < -0.39 is 0 Å². The molecule has 2 rings (SSSR count). The van der Waals surface area contributed by atoms with Crippen molar-refractivity contribution in [3.63, 3.8) is 0 Å². The monoisotopic (exact) mass is 335 g/mol. The van der Waals surface area contributed by atoms with Gasteiger partial charge in [-0.3, -0.25) is 4.68 Å². The molecule has 0 bridgehead atoms. The molecule has 2 aromatic rings. The molecule has 1 N–H and O–H groups in total. The fraction of sp³-hybridized carbons (Fsp3) is 0.438. The van der Waals surface area contributed by atoms with Gasteiger partial charge in [0, 0.05) is 17.2 Å². The minimum Gasteiger partial charge on any atom is -0.305 e. The topological polar surface area (TPSA) is 29.9 Å². The number of aryl methyl sites for hydroxylation is 2. The maximum atomic E-state index is 4.40. The molecule has 0 aliphatic rings. The summed E-state index contributed by atoms with van der Waals surface area (Å²) in [6, 6.07) is 8.85. The zero-order chi connectivity index (χ0) is 14.5. The summed E-state index contributed by atoms with van der Waals surface area (Å²) in [5, 5.41) is 8.03. The molecule has 0 aliphatic carbocycles. The van der Waals surface area contributed by atoms with Crippen molar-refractivity contribution in [3.8, 4) is 0 Å². The van der Waals surface area contributed by atoms with Gasteiger partial charge in [-0.2, -0.15) is 5.10 Å². The van der Waals surface area contributed by atoms with Gasteiger partial charge in [-0.15, -0.1) is 0 Å². The first kappa shape index (κ1) is 15.3. The van der Waals surface area contributed by atoms with Crippen LogP contribution < -0.4 is 5.32 Å². The van der Waals surface area contributed by atoms with Crippen molar-refractivity contribution in [2.75, 3.05) is 6.54 Å². The lowest BCUT2D eigenvalue weighted by atomic mass is 10.0. The van der Waals surface area contributed by atoms with Crippen LogP contribution in [-0.2, 0) is 6.54 Å². The molecule has 1 unspecified atom stereocenters. The van der Waals surface area contributed by atoms with E-state index in [2.05, 4.69) is 76.1 Å². The average molecular weight is 336 g/mol. The van der Waals surface area contributed by atoms with Gasteiger partial charge in [0.15, 0.2) is 0 Å². The summed E-state index contributed by atoms with van der Waals surface area (Å²) >= 11 is 3.57. The van der Waals surface area contributed by atoms with E-state index in [0.717, 1.165) is 24.0 Å². The highest BCUT2D eigenvalue weighted by molar-refractivity contribution is 9.10. The Kier molecular flexibility index (Phi) is 5.38. The zero-order valence-electron chi connectivity index (χ0n) is 12.4. The van der Waals surface area contributed by atoms with E-state index in [0.29, 0.717) is 0 Å². The molecule has 3 nitrogen and oxygen atoms in total. The second-order valence-corrected chi connectivity index (χ2v) is 5.82. The third-order valence-corrected chi connectivity index (χ3v) is 4.35. The molecule has 1 heterocycles. The average Bonchev–Trinajstić information content (AvgIpc) is 2.91. The molecule has 0 radical (unpaired) electrons. The SMILES string of the molecule is CCCNC(c1ccc(Br)c(C)c1)c1ccnn1CC. The van der Waals surface area contributed by atoms with E-state index in [1.165, 1.54) is 16.8 Å². The third kappa shape index (κ3) is 3.30. The van der Waals surface area contributed by atoms with E-state index in [4.69, 9.17) is 0 Å². The Labute approximate surface area is 129 Å². The number of nitrogens with zero attached hydrogens (tertiary/aromatic N) is 2. The molecule has 1 atom stereocenters. The van der Waals surface area contributed by atoms with Gasteiger partial charge < -0.3 is 5.32 Å². The highest BCUT2D eigenvalue weighted by Gasteiger charge is 2.17. The summed E-state index contributed by atoms with van der Waals surface area (Å²) in [7, 11) is 0. The van der Waals surface area contributed by atoms with E-state index in [-0.39, 0.29) is 6.04 Å². The summed E-state index contributed by atoms with van der Waals surface area (Å²) < 4.78 is 3.21. The van der Waals surface area contributed by atoms with Crippen LogP contribution in [0.1, 0.15) is 43.1 Å². The predicted molar refractivity (Wildman–Crippen MR) is 86.9 cm³/mol. The van der Waals surface area contributed by atoms with E-state index in [9.17, 15) is 0 Å². The minimum absolute atomic E-state index is 0.198. The van der Waals surface area contributed by atoms with Crippen LogP contribution in [-0.4, -0.2) is 16.3 Å². The maximum absolute atomic E-state index is 4.40. The first-order chi connectivity index (χ1) is 9.67. The van der Waals surface area contributed by atoms with Gasteiger partial charge in [-0.25, -0.2) is 0 Å². The molecular weight excluding hydrogens is 314 g/mol. The Morgan fingerprint density at radius 2 is 2.10 bits per heavy atom. The smallest absolute Gasteiger partial charge is 0.0748 e. The number of rotatable bonds is 6. The lowest BCUT2D eigenvalue weighted by molar-refractivity contribution is 0.529. The summed E-state index contributed by atoms with van der Waals surface area (Å²) in [4.78, 5) is 0. The van der Waals surface area contributed by atoms with Crippen LogP contribution in [0.3, 0.4) is 0 Å². The summed E-state index contributed by atoms with van der Waals surface area (Å²) in [5.41, 5.74) is 3.77. The van der Waals surface area contributed by atoms with Gasteiger partial charge in [0.1, 0.15) is 0 Å². The normalized spacial score (nSPS) is 12.6. The van der Waals surface area contributed by atoms with Gasteiger partial charge in [-0.05, 0) is 50.1 Å². The standard InChI is InChI=1S/C16H22BrN3/c1-4-9-18-16(15-8-10-19-20(15)5-2)13-6-7-14(17)12(3)11-13/h6-8,10-11,16,18H,4-5,9H2,1-3H3. The van der Waals surface area contributed by atoms with Gasteiger partial charge in [0.05, 0.1) is 11.7 Å². The van der Waals surface area contributed by atoms with Crippen molar-refractivity contribution in [3.05, 3.63) is 51.8 Å². The van der Waals surface area contributed by atoms with Crippen molar-refractivity contribution in [1.82, 2.24) is 15.1 Å². The molecule has 0 fully saturated rings. The van der Waals surface area contributed by atoms with Crippen molar-refractivity contribution in [2.24, 2.45) is 0 Å². The molecule has 0 spiro atoms. The molecule has 0 aliphatic heterocycles. The predicted octanol–water partition coefficient (Wildman–Crippen LogP) is 4.06. The Morgan fingerprint density at radius 3 is 2.75 bits per heavy atom. The Morgan fingerprint density at radius 1 is 1.30 bits per heavy atom. The highest BCUT2D eigenvalue weighted by atomic mass is 79.9. The largest absolute Gasteiger partial charge is 0.305 e. The van der Waals surface area contributed by atoms with Crippen molar-refractivity contribution in [2.45, 2.75) is 39.8 Å². The second-order valence-electron chi connectivity index (χ2n) is 4.97. The van der Waals surface area contributed by atoms with Gasteiger partial charge in [0.2, 0.25) is 0 Å². The van der Waals surface area contributed by atoms with Crippen LogP contribution in [0.15, 0.2) is 34.9 Å². The Balaban J connectivity index is 2.38. The lowest BCUT2D eigenvalue weighted by Crippen LogP contribution is -2.25. The van der Waals surface area contributed by atoms with E-state index in [1.54, 1.807) is 0 Å². The van der Waals surface area contributed by atoms with Crippen molar-refractivity contribution < 1.29 is 0 Å². The Bertz CT molecular complexity index is 563. The van der Waals surface area contributed by atoms with Crippen molar-refractivity contribution in [1.29, 1.82) is 0 Å². The number of hydrogen-bond acceptors (Lipinski definition) is 2. The maximum Gasteiger partial charge on any atom is 0.0748 e. The summed E-state index contributed by atoms with van der Waals surface area (Å²) in [5.74, 6) is 0. The number of benzene rings is 1. The van der Waals surface area contributed by atoms with E-state index in [1.807, 2.05) is 6.20 Å². The lowest BCUT2D eigenvalue weighted by Gasteiger charge is -2.21. The fourth-order valence-corrected chi connectivity index (χ4v) is 2.63. The number of aromatic nitrogens is 2. The molecule has 0 amide bonds. The summed E-state index contributed by atoms with van der Waals surface area (Å²) in [6.07, 6.45) is 3.00. The molecule has 108 valence electrons. The summed E-state index contributed by atoms with van der Waals surface area (Å²) in [6.45, 7) is 8.33. The molecule has 20 heavy (non-hydrogen) atoms. The third-order valence-electron chi connectivity index (χ3n) is 3.46. The molecule has 4 heteroatoms. The number of nitrogens with one attached hydrogen (secondary N) is 1. The molecular formula is C16H22BrN3. The number of halogens is 1. The van der Waals surface area contributed by atoms with Crippen LogP contribution in [0.4, 0.5) is 0 Å². The first-order valence-corrected chi connectivity index (χ1v) is 7.97. The molecule has 1 aromatic heterocycles. The quantitative estimate of drug-likeness (QED) is 0.862. The fourth-order valence-electron chi connectivity index (χ4n) is 2.38. The minimum atomic E-state index is 0.198. The van der Waals surface area contributed by atoms with Crippen LogP contribution in [0, 0.1) is 6.92 Å².